The minimum atomic E-state index is -1.62. The summed E-state index contributed by atoms with van der Waals surface area (Å²) in [6.45, 7) is 4.78. The van der Waals surface area contributed by atoms with Crippen LogP contribution in [-0.2, 0) is 33.3 Å². The maximum absolute atomic E-state index is 12.9. The van der Waals surface area contributed by atoms with Crippen LogP contribution in [0, 0.1) is 0 Å². The van der Waals surface area contributed by atoms with E-state index in [0.29, 0.717) is 11.0 Å². The van der Waals surface area contributed by atoms with Gasteiger partial charge in [-0.25, -0.2) is 0 Å². The van der Waals surface area contributed by atoms with Crippen molar-refractivity contribution in [1.82, 2.24) is 0 Å². The van der Waals surface area contributed by atoms with Crippen molar-refractivity contribution in [2.45, 2.75) is 373 Å². The van der Waals surface area contributed by atoms with E-state index in [1.165, 1.54) is 283 Å². The lowest BCUT2D eigenvalue weighted by Crippen LogP contribution is -2.44. The van der Waals surface area contributed by atoms with Gasteiger partial charge in [0.05, 0.1) is 40.3 Å². The molecule has 0 heterocycles. The van der Waals surface area contributed by atoms with Crippen molar-refractivity contribution in [2.75, 3.05) is 47.5 Å². The van der Waals surface area contributed by atoms with Gasteiger partial charge in [0.15, 0.2) is 12.4 Å². The zero-order valence-electron chi connectivity index (χ0n) is 57.0. The second-order valence-corrected chi connectivity index (χ2v) is 26.2. The number of likely N-dealkylation sites (N-methyl/N-ethyl adjacent to an activating group) is 1. The number of carbonyl (C=O) groups excluding carboxylic acids is 3. The predicted octanol–water partition coefficient (Wildman–Crippen LogP) is 21.6. The highest BCUT2D eigenvalue weighted by Gasteiger charge is 2.22. The van der Waals surface area contributed by atoms with Gasteiger partial charge in [-0.15, -0.1) is 0 Å². The standard InChI is InChI=1S/C76H141NO8/c1-6-8-10-12-14-16-18-20-22-24-26-28-29-30-31-32-33-34-35-36-37-38-39-40-41-42-43-44-45-47-49-51-53-55-57-59-61-63-65-67-74(79)85-72(71-84-76(75(80)81)82-69-68-77(3,4)5)70-83-73(78)66-64-62-60-58-56-54-52-50-48-46-27-25-23-21-19-17-15-13-11-9-7-2/h18-21,24-27,72,76H,6-17,22-23,28-71H2,1-5H3/b20-18-,21-19-,26-24-,27-25-. The molecule has 9 heteroatoms. The summed E-state index contributed by atoms with van der Waals surface area (Å²) in [6, 6.07) is 0. The Hall–Kier alpha value is -2.75. The maximum Gasteiger partial charge on any atom is 0.306 e. The molecule has 0 N–H and O–H groups in total. The number of nitrogens with zero attached hydrogens (tertiary/aromatic N) is 1. The molecule has 9 nitrogen and oxygen atoms in total. The molecule has 2 unspecified atom stereocenters. The van der Waals surface area contributed by atoms with Gasteiger partial charge in [-0.1, -0.05) is 319 Å². The molecule has 0 aromatic carbocycles. The van der Waals surface area contributed by atoms with Gasteiger partial charge < -0.3 is 33.3 Å². The summed E-state index contributed by atoms with van der Waals surface area (Å²) in [5.41, 5.74) is 0. The summed E-state index contributed by atoms with van der Waals surface area (Å²) in [5, 5.41) is 11.8. The molecule has 0 bridgehead atoms. The van der Waals surface area contributed by atoms with Gasteiger partial charge in [0, 0.05) is 12.8 Å². The molecule has 0 aliphatic rings. The molecular formula is C76H141NO8. The van der Waals surface area contributed by atoms with Crippen LogP contribution in [-0.4, -0.2) is 82.3 Å². The van der Waals surface area contributed by atoms with Crippen LogP contribution in [0.2, 0.25) is 0 Å². The van der Waals surface area contributed by atoms with Crippen molar-refractivity contribution in [3.8, 4) is 0 Å². The number of rotatable bonds is 69. The number of hydrogen-bond acceptors (Lipinski definition) is 8. The molecule has 0 saturated heterocycles. The first-order chi connectivity index (χ1) is 41.6. The molecule has 0 fully saturated rings. The van der Waals surface area contributed by atoms with Gasteiger partial charge >= 0.3 is 11.9 Å². The number of carboxylic acids is 1. The average molecular weight is 1200 g/mol. The summed E-state index contributed by atoms with van der Waals surface area (Å²) in [5.74, 6) is -2.27. The van der Waals surface area contributed by atoms with Crippen molar-refractivity contribution in [2.24, 2.45) is 0 Å². The third-order valence-electron chi connectivity index (χ3n) is 16.5. The summed E-state index contributed by atoms with van der Waals surface area (Å²) in [6.07, 6.45) is 83.6. The zero-order valence-corrected chi connectivity index (χ0v) is 57.0. The number of aliphatic carboxylic acids is 1. The Balaban J connectivity index is 3.97. The van der Waals surface area contributed by atoms with Crippen LogP contribution in [0.4, 0.5) is 0 Å². The largest absolute Gasteiger partial charge is 0.545 e. The molecule has 0 aromatic rings. The second kappa shape index (κ2) is 67.2. The van der Waals surface area contributed by atoms with Gasteiger partial charge in [-0.05, 0) is 77.0 Å². The lowest BCUT2D eigenvalue weighted by Gasteiger charge is -2.26. The van der Waals surface area contributed by atoms with Crippen LogP contribution < -0.4 is 5.11 Å². The van der Waals surface area contributed by atoms with Crippen molar-refractivity contribution in [3.63, 3.8) is 0 Å². The quantitative estimate of drug-likeness (QED) is 0.0195. The number of unbranched alkanes of at least 4 members (excludes halogenated alkanes) is 46. The Bertz CT molecular complexity index is 1530. The molecule has 0 aliphatic carbocycles. The number of carboxylic acid groups (broad SMARTS) is 1. The van der Waals surface area contributed by atoms with E-state index in [1.54, 1.807) is 0 Å². The third-order valence-corrected chi connectivity index (χ3v) is 16.5. The SMILES string of the molecule is CCCCCCC/C=C\C/C=C\CCCCCCCCCCCCCCCCCCCCCCCCCCCCCC(=O)OC(COC(=O)CCCCCCCCCCC/C=C\C/C=C\CCCCCCC)COC(OCC[N+](C)(C)C)C(=O)[O-]. The van der Waals surface area contributed by atoms with Gasteiger partial charge in [0.25, 0.3) is 0 Å². The smallest absolute Gasteiger partial charge is 0.306 e. The highest BCUT2D eigenvalue weighted by atomic mass is 16.7. The number of allylic oxidation sites excluding steroid dienone is 8. The normalized spacial score (nSPS) is 12.9. The first-order valence-electron chi connectivity index (χ1n) is 36.8. The van der Waals surface area contributed by atoms with E-state index in [4.69, 9.17) is 18.9 Å². The van der Waals surface area contributed by atoms with E-state index in [-0.39, 0.29) is 38.6 Å². The van der Waals surface area contributed by atoms with Gasteiger partial charge in [-0.3, -0.25) is 9.59 Å². The van der Waals surface area contributed by atoms with Crippen molar-refractivity contribution in [3.05, 3.63) is 48.6 Å². The van der Waals surface area contributed by atoms with Crippen LogP contribution in [0.25, 0.3) is 0 Å². The topological polar surface area (TPSA) is 111 Å². The van der Waals surface area contributed by atoms with Crippen molar-refractivity contribution >= 4 is 17.9 Å². The lowest BCUT2D eigenvalue weighted by molar-refractivity contribution is -0.870. The number of ether oxygens (including phenoxy) is 4. The van der Waals surface area contributed by atoms with Gasteiger partial charge in [0.1, 0.15) is 13.2 Å². The molecular weight excluding hydrogens is 1050 g/mol. The molecule has 85 heavy (non-hydrogen) atoms. The lowest BCUT2D eigenvalue weighted by atomic mass is 10.0. The van der Waals surface area contributed by atoms with Gasteiger partial charge in [0.2, 0.25) is 0 Å². The fourth-order valence-electron chi connectivity index (χ4n) is 10.9. The Kier molecular flexibility index (Phi) is 65.0. The molecule has 0 saturated carbocycles. The van der Waals surface area contributed by atoms with Gasteiger partial charge in [-0.2, -0.15) is 0 Å². The molecule has 0 spiro atoms. The molecule has 0 aromatic heterocycles. The molecule has 0 radical (unpaired) electrons. The Morgan fingerprint density at radius 1 is 0.353 bits per heavy atom. The van der Waals surface area contributed by atoms with Crippen molar-refractivity contribution < 1.29 is 42.9 Å². The van der Waals surface area contributed by atoms with E-state index in [0.717, 1.165) is 51.4 Å². The molecule has 2 atom stereocenters. The molecule has 0 amide bonds. The molecule has 498 valence electrons. The van der Waals surface area contributed by atoms with Crippen LogP contribution in [0.15, 0.2) is 48.6 Å². The monoisotopic (exact) mass is 1200 g/mol. The van der Waals surface area contributed by atoms with Crippen LogP contribution in [0.5, 0.6) is 0 Å². The van der Waals surface area contributed by atoms with Crippen LogP contribution in [0.1, 0.15) is 361 Å². The van der Waals surface area contributed by atoms with E-state index in [2.05, 4.69) is 62.5 Å². The Labute approximate surface area is 527 Å². The number of hydrogen-bond donors (Lipinski definition) is 0. The minimum absolute atomic E-state index is 0.149. The first kappa shape index (κ1) is 82.2. The fourth-order valence-corrected chi connectivity index (χ4v) is 10.9. The third kappa shape index (κ3) is 68.6. The average Bonchev–Trinajstić information content (AvgIpc) is 3.49. The Morgan fingerprint density at radius 3 is 0.929 bits per heavy atom. The first-order valence-corrected chi connectivity index (χ1v) is 36.8. The zero-order chi connectivity index (χ0) is 61.9. The summed E-state index contributed by atoms with van der Waals surface area (Å²) < 4.78 is 22.8. The maximum atomic E-state index is 12.9. The van der Waals surface area contributed by atoms with Crippen molar-refractivity contribution in [1.29, 1.82) is 0 Å². The summed E-state index contributed by atoms with van der Waals surface area (Å²) in [4.78, 5) is 37.5. The fraction of sp³-hybridized carbons (Fsp3) is 0.855. The Morgan fingerprint density at radius 2 is 0.635 bits per heavy atom. The number of carbonyl (C=O) groups is 3. The minimum Gasteiger partial charge on any atom is -0.545 e. The highest BCUT2D eigenvalue weighted by molar-refractivity contribution is 5.70. The van der Waals surface area contributed by atoms with E-state index in [9.17, 15) is 19.5 Å². The van der Waals surface area contributed by atoms with Crippen LogP contribution in [0.3, 0.4) is 0 Å². The second-order valence-electron chi connectivity index (χ2n) is 26.2. The summed E-state index contributed by atoms with van der Waals surface area (Å²) >= 11 is 0. The highest BCUT2D eigenvalue weighted by Crippen LogP contribution is 2.19. The number of quaternary nitrogens is 1. The molecule has 0 rings (SSSR count). The van der Waals surface area contributed by atoms with E-state index in [1.807, 2.05) is 21.1 Å². The van der Waals surface area contributed by atoms with Crippen LogP contribution >= 0.6 is 0 Å². The van der Waals surface area contributed by atoms with E-state index >= 15 is 0 Å². The van der Waals surface area contributed by atoms with E-state index < -0.39 is 24.3 Å². The summed E-state index contributed by atoms with van der Waals surface area (Å²) in [7, 11) is 5.94. The predicted molar refractivity (Wildman–Crippen MR) is 362 cm³/mol. The number of esters is 2. The molecule has 0 aliphatic heterocycles.